The normalized spacial score (nSPS) is 10.6. The predicted octanol–water partition coefficient (Wildman–Crippen LogP) is 5.28. The van der Waals surface area contributed by atoms with Crippen molar-refractivity contribution in [2.45, 2.75) is 19.4 Å². The Morgan fingerprint density at radius 3 is 2.68 bits per heavy atom. The molecule has 1 aromatic heterocycles. The Balaban J connectivity index is 1.36. The van der Waals surface area contributed by atoms with E-state index < -0.39 is 0 Å². The van der Waals surface area contributed by atoms with Crippen LogP contribution in [0.1, 0.15) is 17.5 Å². The van der Waals surface area contributed by atoms with Gasteiger partial charge in [-0.2, -0.15) is 0 Å². The molecule has 0 atom stereocenters. The molecule has 0 fully saturated rings. The van der Waals surface area contributed by atoms with Gasteiger partial charge in [0.1, 0.15) is 11.5 Å². The van der Waals surface area contributed by atoms with Crippen molar-refractivity contribution in [1.29, 1.82) is 0 Å². The second-order valence-electron chi connectivity index (χ2n) is 7.16. The number of aryl methyl sites for hydroxylation is 1. The number of carbonyl (C=O) groups is 1. The fourth-order valence-electron chi connectivity index (χ4n) is 3.54. The molecule has 0 radical (unpaired) electrons. The van der Waals surface area contributed by atoms with Gasteiger partial charge in [0.15, 0.2) is 0 Å². The Labute approximate surface area is 181 Å². The first-order chi connectivity index (χ1) is 15.2. The van der Waals surface area contributed by atoms with Gasteiger partial charge in [-0.15, -0.1) is 0 Å². The van der Waals surface area contributed by atoms with E-state index in [1.54, 1.807) is 19.4 Å². The molecular weight excluding hydrogens is 388 g/mol. The molecule has 5 nitrogen and oxygen atoms in total. The number of rotatable bonds is 8. The zero-order valence-corrected chi connectivity index (χ0v) is 17.4. The molecule has 0 spiro atoms. The highest BCUT2D eigenvalue weighted by Crippen LogP contribution is 2.29. The summed E-state index contributed by atoms with van der Waals surface area (Å²) >= 11 is 0. The molecule has 3 aromatic carbocycles. The predicted molar refractivity (Wildman–Crippen MR) is 121 cm³/mol. The Morgan fingerprint density at radius 2 is 1.84 bits per heavy atom. The van der Waals surface area contributed by atoms with Crippen LogP contribution in [0.4, 0.5) is 0 Å². The Bertz CT molecular complexity index is 1180. The molecule has 0 aliphatic heterocycles. The van der Waals surface area contributed by atoms with E-state index in [1.165, 1.54) is 0 Å². The number of ether oxygens (including phenoxy) is 2. The number of nitrogens with zero attached hydrogens (tertiary/aromatic N) is 1. The minimum absolute atomic E-state index is 0.00830. The van der Waals surface area contributed by atoms with E-state index in [9.17, 15) is 4.79 Å². The fourth-order valence-corrected chi connectivity index (χ4v) is 3.54. The number of benzene rings is 3. The van der Waals surface area contributed by atoms with Crippen LogP contribution in [0.25, 0.3) is 10.8 Å². The van der Waals surface area contributed by atoms with Gasteiger partial charge in [0.05, 0.1) is 7.11 Å². The summed E-state index contributed by atoms with van der Waals surface area (Å²) in [7, 11) is 1.66. The number of fused-ring (bicyclic) bond motifs is 1. The molecule has 0 saturated carbocycles. The van der Waals surface area contributed by atoms with Crippen LogP contribution in [0.5, 0.6) is 17.4 Å². The summed E-state index contributed by atoms with van der Waals surface area (Å²) in [5, 5.41) is 5.26. The van der Waals surface area contributed by atoms with Gasteiger partial charge in [0.25, 0.3) is 0 Å². The van der Waals surface area contributed by atoms with Crippen molar-refractivity contribution in [3.05, 3.63) is 96.2 Å². The van der Waals surface area contributed by atoms with Crippen molar-refractivity contribution in [3.8, 4) is 17.4 Å². The number of hydrogen-bond donors (Lipinski definition) is 1. The maximum absolute atomic E-state index is 12.5. The lowest BCUT2D eigenvalue weighted by Gasteiger charge is -2.12. The van der Waals surface area contributed by atoms with Crippen molar-refractivity contribution < 1.29 is 14.3 Å². The first-order valence-corrected chi connectivity index (χ1v) is 10.2. The van der Waals surface area contributed by atoms with Crippen LogP contribution in [0.3, 0.4) is 0 Å². The molecule has 5 heteroatoms. The Kier molecular flexibility index (Phi) is 6.43. The van der Waals surface area contributed by atoms with Gasteiger partial charge in [-0.3, -0.25) is 4.79 Å². The van der Waals surface area contributed by atoms with Crippen molar-refractivity contribution >= 4 is 16.7 Å². The monoisotopic (exact) mass is 412 g/mol. The van der Waals surface area contributed by atoms with E-state index in [1.807, 2.05) is 60.7 Å². The third kappa shape index (κ3) is 5.20. The molecule has 1 heterocycles. The van der Waals surface area contributed by atoms with Gasteiger partial charge >= 0.3 is 0 Å². The average molecular weight is 412 g/mol. The van der Waals surface area contributed by atoms with Gasteiger partial charge in [0.2, 0.25) is 11.8 Å². The lowest BCUT2D eigenvalue weighted by molar-refractivity contribution is -0.121. The summed E-state index contributed by atoms with van der Waals surface area (Å²) in [6.45, 7) is 0.435. The van der Waals surface area contributed by atoms with E-state index in [0.717, 1.165) is 27.6 Å². The number of hydrogen-bond acceptors (Lipinski definition) is 4. The van der Waals surface area contributed by atoms with Crippen molar-refractivity contribution in [3.63, 3.8) is 0 Å². The molecule has 4 rings (SSSR count). The third-order valence-corrected chi connectivity index (χ3v) is 5.07. The highest BCUT2D eigenvalue weighted by atomic mass is 16.5. The molecule has 4 aromatic rings. The van der Waals surface area contributed by atoms with Crippen LogP contribution in [-0.2, 0) is 17.8 Å². The van der Waals surface area contributed by atoms with Crippen molar-refractivity contribution in [2.24, 2.45) is 0 Å². The lowest BCUT2D eigenvalue weighted by Crippen LogP contribution is -2.23. The quantitative estimate of drug-likeness (QED) is 0.427. The molecule has 1 amide bonds. The highest BCUT2D eigenvalue weighted by molar-refractivity contribution is 5.88. The van der Waals surface area contributed by atoms with E-state index in [4.69, 9.17) is 9.47 Å². The lowest BCUT2D eigenvalue weighted by atomic mass is 9.99. The minimum Gasteiger partial charge on any atom is -0.496 e. The zero-order valence-electron chi connectivity index (χ0n) is 17.4. The number of nitrogens with one attached hydrogen (secondary N) is 1. The number of amides is 1. The first-order valence-electron chi connectivity index (χ1n) is 10.2. The van der Waals surface area contributed by atoms with E-state index in [-0.39, 0.29) is 5.91 Å². The molecule has 0 saturated heterocycles. The van der Waals surface area contributed by atoms with Crippen molar-refractivity contribution in [2.75, 3.05) is 7.11 Å². The second kappa shape index (κ2) is 9.76. The molecule has 0 aliphatic carbocycles. The van der Waals surface area contributed by atoms with Crippen LogP contribution in [0.2, 0.25) is 0 Å². The first kappa shape index (κ1) is 20.4. The largest absolute Gasteiger partial charge is 0.496 e. The maximum Gasteiger partial charge on any atom is 0.220 e. The summed E-state index contributed by atoms with van der Waals surface area (Å²) in [4.78, 5) is 16.7. The van der Waals surface area contributed by atoms with E-state index in [2.05, 4.69) is 22.4 Å². The minimum atomic E-state index is -0.00830. The number of methoxy groups -OCH3 is 1. The molecule has 0 bridgehead atoms. The van der Waals surface area contributed by atoms with Gasteiger partial charge in [0, 0.05) is 30.8 Å². The Hall–Kier alpha value is -3.86. The molecule has 156 valence electrons. The molecular formula is C26H24N2O3. The SMILES string of the molecule is COc1ccc2ccccc2c1CCC(=O)NCc1cccc(Oc2ccccn2)c1. The van der Waals surface area contributed by atoms with Crippen LogP contribution in [0.15, 0.2) is 85.1 Å². The maximum atomic E-state index is 12.5. The topological polar surface area (TPSA) is 60.5 Å². The van der Waals surface area contributed by atoms with Crippen LogP contribution in [0, 0.1) is 0 Å². The van der Waals surface area contributed by atoms with Gasteiger partial charge < -0.3 is 14.8 Å². The van der Waals surface area contributed by atoms with Crippen LogP contribution in [-0.4, -0.2) is 18.0 Å². The smallest absolute Gasteiger partial charge is 0.220 e. The second-order valence-corrected chi connectivity index (χ2v) is 7.16. The molecule has 0 aliphatic rings. The van der Waals surface area contributed by atoms with Gasteiger partial charge in [-0.05, 0) is 47.0 Å². The van der Waals surface area contributed by atoms with Gasteiger partial charge in [-0.25, -0.2) is 4.98 Å². The van der Waals surface area contributed by atoms with Crippen molar-refractivity contribution in [1.82, 2.24) is 10.3 Å². The summed E-state index contributed by atoms with van der Waals surface area (Å²) in [5.41, 5.74) is 2.02. The van der Waals surface area contributed by atoms with Crippen LogP contribution < -0.4 is 14.8 Å². The van der Waals surface area contributed by atoms with E-state index in [0.29, 0.717) is 31.0 Å². The number of aromatic nitrogens is 1. The third-order valence-electron chi connectivity index (χ3n) is 5.07. The summed E-state index contributed by atoms with van der Waals surface area (Å²) in [6.07, 6.45) is 2.68. The summed E-state index contributed by atoms with van der Waals surface area (Å²) < 4.78 is 11.3. The fraction of sp³-hybridized carbons (Fsp3) is 0.154. The molecule has 0 unspecified atom stereocenters. The molecule has 31 heavy (non-hydrogen) atoms. The average Bonchev–Trinajstić information content (AvgIpc) is 2.82. The zero-order chi connectivity index (χ0) is 21.5. The Morgan fingerprint density at radius 1 is 0.968 bits per heavy atom. The van der Waals surface area contributed by atoms with Gasteiger partial charge in [-0.1, -0.05) is 48.5 Å². The molecule has 1 N–H and O–H groups in total. The summed E-state index contributed by atoms with van der Waals surface area (Å²) in [5.74, 6) is 2.02. The highest BCUT2D eigenvalue weighted by Gasteiger charge is 2.11. The number of carbonyl (C=O) groups excluding carboxylic acids is 1. The number of pyridine rings is 1. The summed E-state index contributed by atoms with van der Waals surface area (Å²) in [6, 6.07) is 25.3. The van der Waals surface area contributed by atoms with Crippen LogP contribution >= 0.6 is 0 Å². The standard InChI is InChI=1S/C26H24N2O3/c1-30-24-14-12-20-8-2-3-10-22(20)23(24)13-15-25(29)28-18-19-7-6-9-21(17-19)31-26-11-4-5-16-27-26/h2-12,14,16-17H,13,15,18H2,1H3,(H,28,29). The van der Waals surface area contributed by atoms with E-state index >= 15 is 0 Å².